The van der Waals surface area contributed by atoms with Crippen molar-refractivity contribution in [3.63, 3.8) is 0 Å². The highest BCUT2D eigenvalue weighted by molar-refractivity contribution is 7.10. The number of aliphatic hydroxyl groups excluding tert-OH is 1. The lowest BCUT2D eigenvalue weighted by atomic mass is 10.2. The number of rotatable bonds is 2. The van der Waals surface area contributed by atoms with E-state index >= 15 is 0 Å². The normalized spacial score (nSPS) is 23.7. The number of nitrogens with zero attached hydrogens (tertiary/aromatic N) is 3. The number of urea groups is 1. The van der Waals surface area contributed by atoms with E-state index in [1.165, 1.54) is 6.20 Å². The van der Waals surface area contributed by atoms with Crippen LogP contribution in [0.3, 0.4) is 0 Å². The van der Waals surface area contributed by atoms with E-state index < -0.39 is 24.1 Å². The van der Waals surface area contributed by atoms with E-state index in [2.05, 4.69) is 14.9 Å². The molecule has 1 fully saturated rings. The number of carbonyl (C=O) groups excluding carboxylic acids is 1. The predicted molar refractivity (Wildman–Crippen MR) is 57.7 cm³/mol. The van der Waals surface area contributed by atoms with E-state index in [4.69, 9.17) is 5.11 Å². The largest absolute Gasteiger partial charge is 0.480 e. The second-order valence-electron chi connectivity index (χ2n) is 3.61. The topological polar surface area (TPSA) is 116 Å². The smallest absolute Gasteiger partial charge is 0.326 e. The number of carboxylic acid groups (broad SMARTS) is 1. The maximum absolute atomic E-state index is 11.8. The van der Waals surface area contributed by atoms with Gasteiger partial charge in [-0.3, -0.25) is 5.32 Å². The molecule has 17 heavy (non-hydrogen) atoms. The summed E-state index contributed by atoms with van der Waals surface area (Å²) < 4.78 is 3.56. The van der Waals surface area contributed by atoms with Crippen molar-refractivity contribution >= 4 is 28.5 Å². The SMILES string of the molecule is O=C(O)[C@@H]1C[C@H](O)CN1C(=O)Nc1cnns1. The lowest BCUT2D eigenvalue weighted by molar-refractivity contribution is -0.141. The number of amides is 2. The second kappa shape index (κ2) is 4.63. The molecule has 1 aliphatic heterocycles. The lowest BCUT2D eigenvalue weighted by Crippen LogP contribution is -2.42. The molecule has 1 aliphatic rings. The summed E-state index contributed by atoms with van der Waals surface area (Å²) in [6.07, 6.45) is 0.607. The molecule has 3 N–H and O–H groups in total. The minimum absolute atomic E-state index is 0.00896. The number of hydrogen-bond donors (Lipinski definition) is 3. The van der Waals surface area contributed by atoms with Crippen molar-refractivity contribution in [1.82, 2.24) is 14.5 Å². The summed E-state index contributed by atoms with van der Waals surface area (Å²) in [7, 11) is 0. The Labute approximate surface area is 100 Å². The first kappa shape index (κ1) is 11.7. The van der Waals surface area contributed by atoms with Crippen LogP contribution in [-0.2, 0) is 4.79 Å². The van der Waals surface area contributed by atoms with Crippen LogP contribution in [0.4, 0.5) is 9.80 Å². The monoisotopic (exact) mass is 258 g/mol. The summed E-state index contributed by atoms with van der Waals surface area (Å²) in [5.41, 5.74) is 0. The van der Waals surface area contributed by atoms with Gasteiger partial charge in [-0.15, -0.1) is 5.10 Å². The van der Waals surface area contributed by atoms with Gasteiger partial charge in [0.15, 0.2) is 0 Å². The molecular formula is C8H10N4O4S. The zero-order valence-corrected chi connectivity index (χ0v) is 9.42. The Morgan fingerprint density at radius 2 is 2.35 bits per heavy atom. The number of aromatic nitrogens is 2. The maximum atomic E-state index is 11.8. The quantitative estimate of drug-likeness (QED) is 0.664. The number of carbonyl (C=O) groups is 2. The van der Waals surface area contributed by atoms with Crippen LogP contribution in [0.2, 0.25) is 0 Å². The maximum Gasteiger partial charge on any atom is 0.326 e. The highest BCUT2D eigenvalue weighted by atomic mass is 32.1. The number of hydrogen-bond acceptors (Lipinski definition) is 6. The number of likely N-dealkylation sites (tertiary alicyclic amines) is 1. The Kier molecular flexibility index (Phi) is 3.20. The summed E-state index contributed by atoms with van der Waals surface area (Å²) in [6, 6.07) is -1.56. The summed E-state index contributed by atoms with van der Waals surface area (Å²) in [5, 5.41) is 24.8. The van der Waals surface area contributed by atoms with Gasteiger partial charge in [-0.1, -0.05) is 4.49 Å². The van der Waals surface area contributed by atoms with Gasteiger partial charge in [-0.25, -0.2) is 9.59 Å². The van der Waals surface area contributed by atoms with Crippen molar-refractivity contribution in [1.29, 1.82) is 0 Å². The third kappa shape index (κ3) is 2.50. The fourth-order valence-corrected chi connectivity index (χ4v) is 2.08. The van der Waals surface area contributed by atoms with E-state index in [-0.39, 0.29) is 13.0 Å². The highest BCUT2D eigenvalue weighted by Gasteiger charge is 2.39. The number of β-amino-alcohol motifs (C(OH)–C–C–N with tert-alkyl or cyclic N) is 1. The van der Waals surface area contributed by atoms with E-state index in [9.17, 15) is 14.7 Å². The Morgan fingerprint density at radius 3 is 2.94 bits per heavy atom. The number of nitrogens with one attached hydrogen (secondary N) is 1. The lowest BCUT2D eigenvalue weighted by Gasteiger charge is -2.20. The number of aliphatic carboxylic acids is 1. The summed E-state index contributed by atoms with van der Waals surface area (Å²) in [5.74, 6) is -1.13. The van der Waals surface area contributed by atoms with Crippen LogP contribution >= 0.6 is 11.5 Å². The fraction of sp³-hybridized carbons (Fsp3) is 0.500. The van der Waals surface area contributed by atoms with Gasteiger partial charge in [0.05, 0.1) is 12.3 Å². The summed E-state index contributed by atoms with van der Waals surface area (Å²) in [4.78, 5) is 23.8. The zero-order valence-electron chi connectivity index (χ0n) is 8.61. The molecule has 0 saturated carbocycles. The van der Waals surface area contributed by atoms with Crippen molar-refractivity contribution in [2.75, 3.05) is 11.9 Å². The Bertz CT molecular complexity index is 423. The summed E-state index contributed by atoms with van der Waals surface area (Å²) >= 11 is 0.991. The first-order valence-corrected chi connectivity index (χ1v) is 5.61. The Morgan fingerprint density at radius 1 is 1.59 bits per heavy atom. The molecule has 2 heterocycles. The standard InChI is InChI=1S/C8H10N4O4S/c13-4-1-5(7(14)15)12(3-4)8(16)10-6-2-9-11-17-6/h2,4-5,13H,1,3H2,(H,10,16)(H,14,15)/t4-,5-/m0/s1. The van der Waals surface area contributed by atoms with Gasteiger partial charge in [-0.2, -0.15) is 0 Å². The molecule has 2 rings (SSSR count). The number of aliphatic hydroxyl groups is 1. The third-order valence-electron chi connectivity index (χ3n) is 2.42. The van der Waals surface area contributed by atoms with Crippen molar-refractivity contribution in [2.45, 2.75) is 18.6 Å². The van der Waals surface area contributed by atoms with Crippen LogP contribution in [-0.4, -0.2) is 55.4 Å². The van der Waals surface area contributed by atoms with Crippen molar-refractivity contribution < 1.29 is 19.8 Å². The molecule has 0 unspecified atom stereocenters. The van der Waals surface area contributed by atoms with Crippen LogP contribution < -0.4 is 5.32 Å². The third-order valence-corrected chi connectivity index (χ3v) is 3.00. The van der Waals surface area contributed by atoms with E-state index in [0.717, 1.165) is 16.4 Å². The molecule has 1 aromatic heterocycles. The first-order valence-electron chi connectivity index (χ1n) is 4.84. The van der Waals surface area contributed by atoms with E-state index in [0.29, 0.717) is 5.00 Å². The Balaban J connectivity index is 2.05. The minimum atomic E-state index is -1.13. The molecule has 0 aliphatic carbocycles. The first-order chi connectivity index (χ1) is 8.08. The van der Waals surface area contributed by atoms with Crippen LogP contribution in [0, 0.1) is 0 Å². The summed E-state index contributed by atoms with van der Waals surface area (Å²) in [6.45, 7) is 0.00896. The average molecular weight is 258 g/mol. The van der Waals surface area contributed by atoms with E-state index in [1.54, 1.807) is 0 Å². The highest BCUT2D eigenvalue weighted by Crippen LogP contribution is 2.20. The Hall–Kier alpha value is -1.74. The van der Waals surface area contributed by atoms with Gasteiger partial charge in [0.2, 0.25) is 0 Å². The van der Waals surface area contributed by atoms with Crippen LogP contribution in [0.5, 0.6) is 0 Å². The van der Waals surface area contributed by atoms with Crippen molar-refractivity contribution in [2.24, 2.45) is 0 Å². The van der Waals surface area contributed by atoms with Gasteiger partial charge >= 0.3 is 12.0 Å². The zero-order chi connectivity index (χ0) is 12.4. The fourth-order valence-electron chi connectivity index (χ4n) is 1.67. The second-order valence-corrected chi connectivity index (χ2v) is 4.39. The number of carboxylic acids is 1. The number of anilines is 1. The van der Waals surface area contributed by atoms with Gasteiger partial charge in [0.25, 0.3) is 0 Å². The van der Waals surface area contributed by atoms with Crippen LogP contribution in [0.25, 0.3) is 0 Å². The molecule has 2 amide bonds. The molecule has 8 nitrogen and oxygen atoms in total. The predicted octanol–water partition coefficient (Wildman–Crippen LogP) is -0.410. The average Bonchev–Trinajstić information content (AvgIpc) is 2.86. The van der Waals surface area contributed by atoms with Gasteiger partial charge in [-0.05, 0) is 0 Å². The molecule has 1 saturated heterocycles. The molecular weight excluding hydrogens is 248 g/mol. The van der Waals surface area contributed by atoms with Gasteiger partial charge in [0.1, 0.15) is 11.0 Å². The van der Waals surface area contributed by atoms with Crippen molar-refractivity contribution in [3.05, 3.63) is 6.20 Å². The minimum Gasteiger partial charge on any atom is -0.480 e. The molecule has 0 aromatic carbocycles. The van der Waals surface area contributed by atoms with Gasteiger partial charge < -0.3 is 15.1 Å². The van der Waals surface area contributed by atoms with Crippen LogP contribution in [0.15, 0.2) is 6.20 Å². The van der Waals surface area contributed by atoms with Crippen LogP contribution in [0.1, 0.15) is 6.42 Å². The molecule has 92 valence electrons. The van der Waals surface area contributed by atoms with Crippen molar-refractivity contribution in [3.8, 4) is 0 Å². The molecule has 0 spiro atoms. The van der Waals surface area contributed by atoms with E-state index in [1.807, 2.05) is 0 Å². The molecule has 0 radical (unpaired) electrons. The molecule has 0 bridgehead atoms. The molecule has 2 atom stereocenters. The molecule has 9 heteroatoms. The molecule has 1 aromatic rings. The van der Waals surface area contributed by atoms with Gasteiger partial charge in [0, 0.05) is 24.5 Å².